The maximum Gasteiger partial charge on any atom is 0.416 e. The second-order valence-electron chi connectivity index (χ2n) is 5.77. The molecular weight excluding hydrogens is 317 g/mol. The lowest BCUT2D eigenvalue weighted by molar-refractivity contribution is -0.137. The van der Waals surface area contributed by atoms with Crippen LogP contribution in [-0.2, 0) is 16.2 Å². The maximum absolute atomic E-state index is 12.7. The van der Waals surface area contributed by atoms with Crippen LogP contribution >= 0.6 is 0 Å². The lowest BCUT2D eigenvalue weighted by atomic mass is 9.83. The summed E-state index contributed by atoms with van der Waals surface area (Å²) in [6.45, 7) is 0.0333. The van der Waals surface area contributed by atoms with Crippen molar-refractivity contribution in [2.24, 2.45) is 5.73 Å². The quantitative estimate of drug-likeness (QED) is 0.888. The number of halogens is 3. The van der Waals surface area contributed by atoms with Crippen LogP contribution in [0, 0.1) is 0 Å². The van der Waals surface area contributed by atoms with Gasteiger partial charge in [0.1, 0.15) is 0 Å². The lowest BCUT2D eigenvalue weighted by Gasteiger charge is -2.33. The highest BCUT2D eigenvalue weighted by molar-refractivity contribution is 7.89. The molecular formula is C14H19F3N2O2S. The number of nitrogens with one attached hydrogen (secondary N) is 1. The molecule has 2 rings (SSSR count). The number of alkyl halides is 3. The zero-order valence-corrected chi connectivity index (χ0v) is 12.8. The van der Waals surface area contributed by atoms with Crippen LogP contribution in [0.5, 0.6) is 0 Å². The molecule has 0 bridgehead atoms. The topological polar surface area (TPSA) is 72.2 Å². The largest absolute Gasteiger partial charge is 0.416 e. The number of hydrogen-bond donors (Lipinski definition) is 2. The second kappa shape index (κ2) is 6.17. The zero-order valence-electron chi connectivity index (χ0n) is 12.0. The van der Waals surface area contributed by atoms with E-state index >= 15 is 0 Å². The van der Waals surface area contributed by atoms with E-state index in [4.69, 9.17) is 5.73 Å². The Bertz CT molecular complexity index is 623. The molecule has 0 aliphatic heterocycles. The van der Waals surface area contributed by atoms with E-state index in [9.17, 15) is 21.6 Å². The van der Waals surface area contributed by atoms with Gasteiger partial charge in [0.2, 0.25) is 10.0 Å². The Hall–Kier alpha value is -1.12. The summed E-state index contributed by atoms with van der Waals surface area (Å²) in [6.07, 6.45) is -0.233. The summed E-state index contributed by atoms with van der Waals surface area (Å²) in [6, 6.07) is 3.69. The Kier molecular flexibility index (Phi) is 4.84. The summed E-state index contributed by atoms with van der Waals surface area (Å²) in [7, 11) is -4.01. The van der Waals surface area contributed by atoms with Crippen LogP contribution in [0.25, 0.3) is 0 Å². The van der Waals surface area contributed by atoms with Gasteiger partial charge >= 0.3 is 6.18 Å². The molecule has 0 saturated heterocycles. The van der Waals surface area contributed by atoms with Crippen molar-refractivity contribution >= 4 is 10.0 Å². The van der Waals surface area contributed by atoms with E-state index in [2.05, 4.69) is 4.72 Å². The Balaban J connectivity index is 2.13. The summed E-state index contributed by atoms with van der Waals surface area (Å²) in [5.41, 5.74) is 4.53. The Morgan fingerprint density at radius 3 is 2.41 bits per heavy atom. The van der Waals surface area contributed by atoms with Gasteiger partial charge in [0, 0.05) is 12.1 Å². The molecule has 1 aromatic rings. The predicted octanol–water partition coefficient (Wildman–Crippen LogP) is 2.65. The summed E-state index contributed by atoms with van der Waals surface area (Å²) < 4.78 is 64.6. The number of sulfonamides is 1. The summed E-state index contributed by atoms with van der Waals surface area (Å²) >= 11 is 0. The zero-order chi connectivity index (χ0) is 16.4. The minimum Gasteiger partial charge on any atom is -0.324 e. The molecule has 1 aromatic carbocycles. The Labute approximate surface area is 127 Å². The average molecular weight is 336 g/mol. The molecule has 4 nitrogen and oxygen atoms in total. The number of nitrogens with two attached hydrogens (primary N) is 1. The molecule has 0 radical (unpaired) electrons. The number of hydrogen-bond acceptors (Lipinski definition) is 3. The molecule has 0 amide bonds. The van der Waals surface area contributed by atoms with Crippen molar-refractivity contribution in [1.82, 2.24) is 4.72 Å². The predicted molar refractivity (Wildman–Crippen MR) is 76.6 cm³/mol. The first-order valence-electron chi connectivity index (χ1n) is 7.08. The third-order valence-corrected chi connectivity index (χ3v) is 5.33. The van der Waals surface area contributed by atoms with Crippen LogP contribution in [0.3, 0.4) is 0 Å². The van der Waals surface area contributed by atoms with Crippen LogP contribution in [-0.4, -0.2) is 20.5 Å². The van der Waals surface area contributed by atoms with Gasteiger partial charge in [0.25, 0.3) is 0 Å². The van der Waals surface area contributed by atoms with Crippen molar-refractivity contribution in [1.29, 1.82) is 0 Å². The standard InChI is InChI=1S/C14H19F3N2O2S/c15-14(16,17)11-5-4-6-12(9-11)22(20,21)19-10-13(18)7-2-1-3-8-13/h4-6,9,19H,1-3,7-8,10,18H2. The van der Waals surface area contributed by atoms with E-state index in [1.165, 1.54) is 0 Å². The van der Waals surface area contributed by atoms with E-state index in [1.807, 2.05) is 0 Å². The van der Waals surface area contributed by atoms with Crippen LogP contribution in [0.15, 0.2) is 29.2 Å². The molecule has 1 fully saturated rings. The molecule has 0 unspecified atom stereocenters. The van der Waals surface area contributed by atoms with Crippen molar-refractivity contribution in [3.05, 3.63) is 29.8 Å². The third kappa shape index (κ3) is 4.21. The van der Waals surface area contributed by atoms with Crippen LogP contribution in [0.4, 0.5) is 13.2 Å². The third-order valence-electron chi connectivity index (χ3n) is 3.94. The van der Waals surface area contributed by atoms with Gasteiger partial charge in [-0.15, -0.1) is 0 Å². The van der Waals surface area contributed by atoms with Crippen molar-refractivity contribution in [2.75, 3.05) is 6.54 Å². The van der Waals surface area contributed by atoms with Crippen molar-refractivity contribution in [3.8, 4) is 0 Å². The molecule has 124 valence electrons. The minimum absolute atomic E-state index is 0.0333. The Morgan fingerprint density at radius 2 is 1.82 bits per heavy atom. The molecule has 1 aliphatic carbocycles. The van der Waals surface area contributed by atoms with Crippen LogP contribution < -0.4 is 10.5 Å². The van der Waals surface area contributed by atoms with Crippen molar-refractivity contribution in [2.45, 2.75) is 48.7 Å². The fourth-order valence-electron chi connectivity index (χ4n) is 2.59. The lowest BCUT2D eigenvalue weighted by Crippen LogP contribution is -2.51. The molecule has 0 spiro atoms. The second-order valence-corrected chi connectivity index (χ2v) is 7.54. The monoisotopic (exact) mass is 336 g/mol. The fraction of sp³-hybridized carbons (Fsp3) is 0.571. The highest BCUT2D eigenvalue weighted by atomic mass is 32.2. The molecule has 3 N–H and O–H groups in total. The molecule has 0 atom stereocenters. The first-order chi connectivity index (χ1) is 10.1. The number of rotatable bonds is 4. The van der Waals surface area contributed by atoms with Gasteiger partial charge in [-0.25, -0.2) is 13.1 Å². The van der Waals surface area contributed by atoms with E-state index < -0.39 is 32.2 Å². The van der Waals surface area contributed by atoms with Crippen molar-refractivity contribution in [3.63, 3.8) is 0 Å². The van der Waals surface area contributed by atoms with E-state index in [0.717, 1.165) is 37.5 Å². The first-order valence-corrected chi connectivity index (χ1v) is 8.57. The van der Waals surface area contributed by atoms with Gasteiger partial charge in [0.05, 0.1) is 10.5 Å². The first kappa shape index (κ1) is 17.2. The normalized spacial score (nSPS) is 19.1. The summed E-state index contributed by atoms with van der Waals surface area (Å²) in [5, 5.41) is 0. The minimum atomic E-state index is -4.58. The highest BCUT2D eigenvalue weighted by Crippen LogP contribution is 2.30. The highest BCUT2D eigenvalue weighted by Gasteiger charge is 2.33. The van der Waals surface area contributed by atoms with Gasteiger partial charge in [0.15, 0.2) is 0 Å². The fourth-order valence-corrected chi connectivity index (χ4v) is 3.78. The number of benzene rings is 1. The molecule has 1 saturated carbocycles. The van der Waals surface area contributed by atoms with Crippen LogP contribution in [0.2, 0.25) is 0 Å². The van der Waals surface area contributed by atoms with Gasteiger partial charge in [-0.2, -0.15) is 13.2 Å². The summed E-state index contributed by atoms with van der Waals surface area (Å²) in [4.78, 5) is -0.401. The Morgan fingerprint density at radius 1 is 1.18 bits per heavy atom. The van der Waals surface area contributed by atoms with E-state index in [1.54, 1.807) is 0 Å². The SMILES string of the molecule is NC1(CNS(=O)(=O)c2cccc(C(F)(F)F)c2)CCCCC1. The average Bonchev–Trinajstić information content (AvgIpc) is 2.46. The van der Waals surface area contributed by atoms with E-state index in [0.29, 0.717) is 18.9 Å². The van der Waals surface area contributed by atoms with Gasteiger partial charge in [-0.1, -0.05) is 25.3 Å². The van der Waals surface area contributed by atoms with E-state index in [-0.39, 0.29) is 6.54 Å². The summed E-state index contributed by atoms with van der Waals surface area (Å²) in [5.74, 6) is 0. The molecule has 8 heteroatoms. The molecule has 22 heavy (non-hydrogen) atoms. The smallest absolute Gasteiger partial charge is 0.324 e. The molecule has 0 aromatic heterocycles. The molecule has 1 aliphatic rings. The van der Waals surface area contributed by atoms with Gasteiger partial charge in [-0.05, 0) is 31.0 Å². The van der Waals surface area contributed by atoms with Crippen LogP contribution in [0.1, 0.15) is 37.7 Å². The van der Waals surface area contributed by atoms with Crippen molar-refractivity contribution < 1.29 is 21.6 Å². The van der Waals surface area contributed by atoms with Gasteiger partial charge < -0.3 is 5.73 Å². The molecule has 0 heterocycles. The maximum atomic E-state index is 12.7. The van der Waals surface area contributed by atoms with Gasteiger partial charge in [-0.3, -0.25) is 0 Å².